The molecule has 138 valence electrons. The maximum Gasteiger partial charge on any atom is 0.337 e. The Morgan fingerprint density at radius 2 is 2.11 bits per heavy atom. The van der Waals surface area contributed by atoms with Crippen molar-refractivity contribution in [2.45, 2.75) is 18.9 Å². The molecule has 0 aliphatic carbocycles. The van der Waals surface area contributed by atoms with Crippen molar-refractivity contribution in [2.24, 2.45) is 0 Å². The van der Waals surface area contributed by atoms with Gasteiger partial charge in [-0.05, 0) is 31.0 Å². The SMILES string of the molecule is O=C(O)c1ccncc1Nc1nn(C2CCCNC2)cc1-c1ccccc1. The first-order valence-corrected chi connectivity index (χ1v) is 9.02. The first-order valence-electron chi connectivity index (χ1n) is 9.02. The number of piperidine rings is 1. The standard InChI is InChI=1S/C20H21N5O2/c26-20(27)16-8-10-22-12-18(16)23-19-17(14-5-2-1-3-6-14)13-25(24-19)15-7-4-9-21-11-15/h1-3,5-6,8,10,12-13,15,21H,4,7,9,11H2,(H,23,24)(H,26,27). The average molecular weight is 363 g/mol. The minimum absolute atomic E-state index is 0.165. The van der Waals surface area contributed by atoms with Gasteiger partial charge in [0, 0.05) is 24.5 Å². The van der Waals surface area contributed by atoms with Crippen LogP contribution in [0.2, 0.25) is 0 Å². The zero-order valence-electron chi connectivity index (χ0n) is 14.8. The number of nitrogens with one attached hydrogen (secondary N) is 2. The van der Waals surface area contributed by atoms with Crippen molar-refractivity contribution in [2.75, 3.05) is 18.4 Å². The van der Waals surface area contributed by atoms with Gasteiger partial charge in [0.1, 0.15) is 0 Å². The maximum absolute atomic E-state index is 11.5. The van der Waals surface area contributed by atoms with Crippen LogP contribution in [-0.2, 0) is 0 Å². The summed E-state index contributed by atoms with van der Waals surface area (Å²) in [6, 6.07) is 11.7. The average Bonchev–Trinajstić information content (AvgIpc) is 3.13. The number of hydrogen-bond acceptors (Lipinski definition) is 5. The minimum Gasteiger partial charge on any atom is -0.478 e. The molecule has 0 bridgehead atoms. The quantitative estimate of drug-likeness (QED) is 0.644. The van der Waals surface area contributed by atoms with Crippen molar-refractivity contribution in [3.05, 3.63) is 60.6 Å². The fourth-order valence-corrected chi connectivity index (χ4v) is 3.37. The van der Waals surface area contributed by atoms with Crippen LogP contribution in [0.3, 0.4) is 0 Å². The van der Waals surface area contributed by atoms with Gasteiger partial charge < -0.3 is 15.7 Å². The predicted molar refractivity (Wildman–Crippen MR) is 103 cm³/mol. The van der Waals surface area contributed by atoms with Crippen LogP contribution in [0.1, 0.15) is 29.2 Å². The van der Waals surface area contributed by atoms with Crippen LogP contribution in [0.15, 0.2) is 55.0 Å². The Kier molecular flexibility index (Phi) is 4.84. The lowest BCUT2D eigenvalue weighted by Crippen LogP contribution is -2.31. The number of anilines is 2. The molecule has 1 aliphatic heterocycles. The lowest BCUT2D eigenvalue weighted by Gasteiger charge is -2.22. The zero-order valence-corrected chi connectivity index (χ0v) is 14.8. The van der Waals surface area contributed by atoms with Crippen molar-refractivity contribution >= 4 is 17.5 Å². The summed E-state index contributed by atoms with van der Waals surface area (Å²) >= 11 is 0. The molecule has 0 radical (unpaired) electrons. The summed E-state index contributed by atoms with van der Waals surface area (Å²) < 4.78 is 1.98. The summed E-state index contributed by atoms with van der Waals surface area (Å²) in [4.78, 5) is 15.6. The van der Waals surface area contributed by atoms with Crippen LogP contribution in [0.4, 0.5) is 11.5 Å². The summed E-state index contributed by atoms with van der Waals surface area (Å²) in [5.74, 6) is -0.376. The Bertz CT molecular complexity index is 933. The van der Waals surface area contributed by atoms with Gasteiger partial charge in [-0.2, -0.15) is 5.10 Å². The van der Waals surface area contributed by atoms with Gasteiger partial charge in [0.2, 0.25) is 0 Å². The highest BCUT2D eigenvalue weighted by Gasteiger charge is 2.20. The Morgan fingerprint density at radius 1 is 1.26 bits per heavy atom. The molecular weight excluding hydrogens is 342 g/mol. The molecule has 2 aromatic heterocycles. The van der Waals surface area contributed by atoms with E-state index in [0.29, 0.717) is 11.5 Å². The number of carboxylic acid groups (broad SMARTS) is 1. The number of hydrogen-bond donors (Lipinski definition) is 3. The molecule has 1 saturated heterocycles. The topological polar surface area (TPSA) is 92.1 Å². The van der Waals surface area contributed by atoms with E-state index in [0.717, 1.165) is 37.1 Å². The third-order valence-electron chi connectivity index (χ3n) is 4.77. The van der Waals surface area contributed by atoms with Gasteiger partial charge in [-0.15, -0.1) is 0 Å². The van der Waals surface area contributed by atoms with Gasteiger partial charge in [0.25, 0.3) is 0 Å². The number of rotatable bonds is 5. The van der Waals surface area contributed by atoms with Crippen molar-refractivity contribution in [1.29, 1.82) is 0 Å². The Morgan fingerprint density at radius 3 is 2.85 bits per heavy atom. The third-order valence-corrected chi connectivity index (χ3v) is 4.77. The van der Waals surface area contributed by atoms with E-state index in [4.69, 9.17) is 5.10 Å². The summed E-state index contributed by atoms with van der Waals surface area (Å²) in [6.07, 6.45) is 7.19. The van der Waals surface area contributed by atoms with Gasteiger partial charge in [-0.3, -0.25) is 9.67 Å². The number of carboxylic acids is 1. The van der Waals surface area contributed by atoms with Crippen molar-refractivity contribution < 1.29 is 9.90 Å². The lowest BCUT2D eigenvalue weighted by molar-refractivity contribution is 0.0698. The molecule has 1 unspecified atom stereocenters. The number of aromatic carboxylic acids is 1. The van der Waals surface area contributed by atoms with Gasteiger partial charge in [0.05, 0.1) is 23.5 Å². The molecule has 1 aliphatic rings. The van der Waals surface area contributed by atoms with Gasteiger partial charge in [-0.25, -0.2) is 4.79 Å². The maximum atomic E-state index is 11.5. The molecule has 7 heteroatoms. The van der Waals surface area contributed by atoms with Gasteiger partial charge in [-0.1, -0.05) is 30.3 Å². The van der Waals surface area contributed by atoms with E-state index < -0.39 is 5.97 Å². The predicted octanol–water partition coefficient (Wildman–Crippen LogP) is 3.31. The fraction of sp³-hybridized carbons (Fsp3) is 0.250. The van der Waals surface area contributed by atoms with Gasteiger partial charge in [0.15, 0.2) is 5.82 Å². The number of carbonyl (C=O) groups is 1. The van der Waals surface area contributed by atoms with E-state index in [-0.39, 0.29) is 11.6 Å². The van der Waals surface area contributed by atoms with Crippen LogP contribution in [0.25, 0.3) is 11.1 Å². The highest BCUT2D eigenvalue weighted by Crippen LogP contribution is 2.32. The van der Waals surface area contributed by atoms with E-state index in [1.807, 2.05) is 41.2 Å². The number of pyridine rings is 1. The molecule has 1 atom stereocenters. The molecule has 3 aromatic rings. The molecular formula is C20H21N5O2. The van der Waals surface area contributed by atoms with E-state index in [1.165, 1.54) is 18.5 Å². The Labute approximate surface area is 157 Å². The summed E-state index contributed by atoms with van der Waals surface area (Å²) in [6.45, 7) is 1.91. The van der Waals surface area contributed by atoms with Crippen molar-refractivity contribution in [1.82, 2.24) is 20.1 Å². The smallest absolute Gasteiger partial charge is 0.337 e. The van der Waals surface area contributed by atoms with E-state index in [9.17, 15) is 9.90 Å². The number of aromatic nitrogens is 3. The van der Waals surface area contributed by atoms with Crippen LogP contribution >= 0.6 is 0 Å². The molecule has 1 aromatic carbocycles. The molecule has 4 rings (SSSR count). The minimum atomic E-state index is -1.00. The molecule has 0 saturated carbocycles. The second kappa shape index (κ2) is 7.59. The molecule has 7 nitrogen and oxygen atoms in total. The molecule has 1 fully saturated rings. The van der Waals surface area contributed by atoms with Crippen LogP contribution < -0.4 is 10.6 Å². The second-order valence-electron chi connectivity index (χ2n) is 6.59. The molecule has 27 heavy (non-hydrogen) atoms. The fourth-order valence-electron chi connectivity index (χ4n) is 3.37. The third kappa shape index (κ3) is 3.68. The first-order chi connectivity index (χ1) is 13.2. The molecule has 3 N–H and O–H groups in total. The molecule has 0 amide bonds. The van der Waals surface area contributed by atoms with Gasteiger partial charge >= 0.3 is 5.97 Å². The van der Waals surface area contributed by atoms with E-state index in [2.05, 4.69) is 15.6 Å². The summed E-state index contributed by atoms with van der Waals surface area (Å²) in [7, 11) is 0. The Balaban J connectivity index is 1.74. The normalized spacial score (nSPS) is 16.8. The number of benzene rings is 1. The summed E-state index contributed by atoms with van der Waals surface area (Å²) in [5, 5.41) is 20.8. The largest absolute Gasteiger partial charge is 0.478 e. The van der Waals surface area contributed by atoms with Crippen molar-refractivity contribution in [3.8, 4) is 11.1 Å². The number of nitrogens with zero attached hydrogens (tertiary/aromatic N) is 3. The molecule has 0 spiro atoms. The van der Waals surface area contributed by atoms with Crippen LogP contribution in [0.5, 0.6) is 0 Å². The van der Waals surface area contributed by atoms with E-state index in [1.54, 1.807) is 0 Å². The second-order valence-corrected chi connectivity index (χ2v) is 6.59. The highest BCUT2D eigenvalue weighted by atomic mass is 16.4. The van der Waals surface area contributed by atoms with E-state index >= 15 is 0 Å². The monoisotopic (exact) mass is 363 g/mol. The van der Waals surface area contributed by atoms with Crippen molar-refractivity contribution in [3.63, 3.8) is 0 Å². The molecule has 3 heterocycles. The Hall–Kier alpha value is -3.19. The van der Waals surface area contributed by atoms with Crippen LogP contribution in [0, 0.1) is 0 Å². The highest BCUT2D eigenvalue weighted by molar-refractivity contribution is 5.95. The van der Waals surface area contributed by atoms with Crippen LogP contribution in [-0.4, -0.2) is 38.9 Å². The first kappa shape index (κ1) is 17.2. The summed E-state index contributed by atoms with van der Waals surface area (Å²) in [5.41, 5.74) is 2.55. The zero-order chi connectivity index (χ0) is 18.6. The lowest BCUT2D eigenvalue weighted by atomic mass is 10.1.